The normalized spacial score (nSPS) is 46.9. The number of aldehydes is 1. The smallest absolute Gasteiger partial charge is 0.726 e. The maximum Gasteiger partial charge on any atom is 1.00 e. The Labute approximate surface area is 302 Å². The SMILES string of the molecule is C=C(C=O)[C@@H]1CC[C@@]2(C)[C@H]1[C@H]1CC[C@@H]3[C@@]4(C)CC[C@H](OS(=O)(=O)[O-])C(C)(C)[C@@H]4CC[C@@]3(C)[C@]1(C)C[C@@H]2OS(=O)(=O)[O-].[Na+].[Na+]. The van der Waals surface area contributed by atoms with Crippen molar-refractivity contribution in [2.45, 2.75) is 112 Å². The summed E-state index contributed by atoms with van der Waals surface area (Å²) in [7, 11) is -9.79. The summed E-state index contributed by atoms with van der Waals surface area (Å²) in [5.74, 6) is 0.463. The largest absolute Gasteiger partial charge is 1.00 e. The minimum absolute atomic E-state index is 0. The summed E-state index contributed by atoms with van der Waals surface area (Å²) in [6.07, 6.45) is 5.91. The third-order valence-electron chi connectivity index (χ3n) is 13.9. The molecule has 5 aliphatic carbocycles. The number of carbonyl (C=O) groups excluding carboxylic acids is 1. The molecule has 0 spiro atoms. The molecule has 0 N–H and O–H groups in total. The minimum atomic E-state index is -4.96. The van der Waals surface area contributed by atoms with Crippen LogP contribution in [0.4, 0.5) is 0 Å². The monoisotopic (exact) mass is 660 g/mol. The molecule has 0 aliphatic heterocycles. The van der Waals surface area contributed by atoms with Gasteiger partial charge in [0, 0.05) is 0 Å². The van der Waals surface area contributed by atoms with E-state index in [0.29, 0.717) is 31.3 Å². The van der Waals surface area contributed by atoms with Crippen LogP contribution in [0.25, 0.3) is 0 Å². The van der Waals surface area contributed by atoms with Crippen LogP contribution in [0.2, 0.25) is 0 Å². The van der Waals surface area contributed by atoms with Crippen molar-refractivity contribution >= 4 is 27.1 Å². The Morgan fingerprint density at radius 2 is 1.30 bits per heavy atom. The zero-order chi connectivity index (χ0) is 30.6. The molecule has 11 atom stereocenters. The van der Waals surface area contributed by atoms with E-state index in [1.807, 2.05) is 20.8 Å². The van der Waals surface area contributed by atoms with Gasteiger partial charge in [0.1, 0.15) is 6.29 Å². The second-order valence-electron chi connectivity index (χ2n) is 15.6. The van der Waals surface area contributed by atoms with E-state index in [1.54, 1.807) is 0 Å². The van der Waals surface area contributed by atoms with Gasteiger partial charge in [0.05, 0.1) is 12.2 Å². The predicted molar refractivity (Wildman–Crippen MR) is 150 cm³/mol. The second-order valence-corrected chi connectivity index (χ2v) is 17.6. The fourth-order valence-corrected chi connectivity index (χ4v) is 13.2. The first-order valence-electron chi connectivity index (χ1n) is 15.1. The summed E-state index contributed by atoms with van der Waals surface area (Å²) in [5.41, 5.74) is -1.31. The van der Waals surface area contributed by atoms with Gasteiger partial charge in [-0.05, 0) is 120 Å². The van der Waals surface area contributed by atoms with Gasteiger partial charge in [-0.1, -0.05) is 48.1 Å². The van der Waals surface area contributed by atoms with E-state index in [1.165, 1.54) is 0 Å². The van der Waals surface area contributed by atoms with Gasteiger partial charge in [0.15, 0.2) is 0 Å². The van der Waals surface area contributed by atoms with Gasteiger partial charge >= 0.3 is 59.1 Å². The third kappa shape index (κ3) is 6.02. The summed E-state index contributed by atoms with van der Waals surface area (Å²) in [6, 6.07) is 0. The Balaban J connectivity index is 0.00000253. The van der Waals surface area contributed by atoms with Crippen molar-refractivity contribution < 1.29 is 98.2 Å². The molecule has 13 heteroatoms. The first-order chi connectivity index (χ1) is 18.6. The Morgan fingerprint density at radius 3 is 1.86 bits per heavy atom. The van der Waals surface area contributed by atoms with E-state index in [4.69, 9.17) is 8.37 Å². The van der Waals surface area contributed by atoms with Gasteiger partial charge < -0.3 is 9.11 Å². The van der Waals surface area contributed by atoms with E-state index >= 15 is 0 Å². The first kappa shape index (κ1) is 38.6. The summed E-state index contributed by atoms with van der Waals surface area (Å²) in [6.45, 7) is 17.0. The van der Waals surface area contributed by atoms with Gasteiger partial charge in [-0.3, -0.25) is 13.2 Å². The molecule has 0 heterocycles. The average molecular weight is 661 g/mol. The minimum Gasteiger partial charge on any atom is -0.726 e. The van der Waals surface area contributed by atoms with E-state index in [-0.39, 0.29) is 105 Å². The topological polar surface area (TPSA) is 150 Å². The Morgan fingerprint density at radius 1 is 0.744 bits per heavy atom. The van der Waals surface area contributed by atoms with Gasteiger partial charge in [0.25, 0.3) is 0 Å². The average Bonchev–Trinajstić information content (AvgIpc) is 3.18. The number of allylic oxidation sites excluding steroid dienone is 1. The standard InChI is InChI=1S/C30H48O9S2.2Na/c1-18(17-31)19-10-13-28(5)24(39-41(35,36)37)16-30(7)20(25(19)28)8-9-22-27(4)14-12-23(38-40(32,33)34)26(2,3)21(27)11-15-29(22,30)6;;/h17,19-25H,1,8-16H2,2-7H3,(H,32,33,34)(H,35,36,37);;/q;2*+1/p-2/t19-,20+,21-,22+,23-,24-,25+,27-,28+,29+,30+;;/m0../s1. The van der Waals surface area contributed by atoms with E-state index in [0.717, 1.165) is 38.4 Å². The Bertz CT molecular complexity index is 1340. The van der Waals surface area contributed by atoms with Gasteiger partial charge in [-0.2, -0.15) is 0 Å². The quantitative estimate of drug-likeness (QED) is 0.117. The number of hydrogen-bond donors (Lipinski definition) is 0. The van der Waals surface area contributed by atoms with Gasteiger partial charge in [-0.15, -0.1) is 0 Å². The number of rotatable bonds is 6. The van der Waals surface area contributed by atoms with Crippen LogP contribution in [0.3, 0.4) is 0 Å². The van der Waals surface area contributed by atoms with Crippen LogP contribution in [0.1, 0.15) is 99.3 Å². The zero-order valence-corrected chi connectivity index (χ0v) is 32.8. The van der Waals surface area contributed by atoms with E-state index < -0.39 is 43.8 Å². The van der Waals surface area contributed by atoms with Crippen molar-refractivity contribution in [2.24, 2.45) is 56.7 Å². The van der Waals surface area contributed by atoms with Crippen LogP contribution in [0.15, 0.2) is 12.2 Å². The molecule has 0 aromatic rings. The van der Waals surface area contributed by atoms with Crippen molar-refractivity contribution in [1.82, 2.24) is 0 Å². The molecule has 0 unspecified atom stereocenters. The molecule has 0 aromatic carbocycles. The van der Waals surface area contributed by atoms with Crippen LogP contribution >= 0.6 is 0 Å². The Hall–Kier alpha value is 1.15. The predicted octanol–water partition coefficient (Wildman–Crippen LogP) is -0.848. The zero-order valence-electron chi connectivity index (χ0n) is 27.2. The van der Waals surface area contributed by atoms with Crippen LogP contribution in [0.5, 0.6) is 0 Å². The van der Waals surface area contributed by atoms with Crippen molar-refractivity contribution in [3.8, 4) is 0 Å². The molecular formula is C30H46Na2O9S2. The molecule has 0 radical (unpaired) electrons. The Kier molecular flexibility index (Phi) is 11.0. The van der Waals surface area contributed by atoms with Crippen molar-refractivity contribution in [3.63, 3.8) is 0 Å². The van der Waals surface area contributed by atoms with Crippen LogP contribution in [0, 0.1) is 56.7 Å². The van der Waals surface area contributed by atoms with Crippen molar-refractivity contribution in [1.29, 1.82) is 0 Å². The summed E-state index contributed by atoms with van der Waals surface area (Å²) in [4.78, 5) is 11.9. The molecule has 0 saturated heterocycles. The maximum absolute atomic E-state index is 12.0. The van der Waals surface area contributed by atoms with E-state index in [2.05, 4.69) is 27.4 Å². The fourth-order valence-electron chi connectivity index (χ4n) is 12.0. The summed E-state index contributed by atoms with van der Waals surface area (Å²) in [5, 5.41) is 0. The molecule has 5 aliphatic rings. The molecule has 43 heavy (non-hydrogen) atoms. The van der Waals surface area contributed by atoms with Gasteiger partial charge in [-0.25, -0.2) is 16.8 Å². The molecule has 234 valence electrons. The molecule has 0 amide bonds. The second kappa shape index (κ2) is 12.2. The van der Waals surface area contributed by atoms with Crippen LogP contribution in [-0.2, 0) is 34.0 Å². The molecule has 5 fully saturated rings. The molecule has 0 aromatic heterocycles. The number of carbonyl (C=O) groups is 1. The third-order valence-corrected chi connectivity index (χ3v) is 14.9. The first-order valence-corrected chi connectivity index (χ1v) is 17.7. The van der Waals surface area contributed by atoms with Crippen molar-refractivity contribution in [2.75, 3.05) is 0 Å². The summed E-state index contributed by atoms with van der Waals surface area (Å²) >= 11 is 0. The molecule has 5 saturated carbocycles. The van der Waals surface area contributed by atoms with Crippen molar-refractivity contribution in [3.05, 3.63) is 12.2 Å². The van der Waals surface area contributed by atoms with Crippen LogP contribution < -0.4 is 59.1 Å². The molecular weight excluding hydrogens is 614 g/mol. The molecule has 0 bridgehead atoms. The van der Waals surface area contributed by atoms with Crippen LogP contribution in [-0.4, -0.2) is 44.4 Å². The van der Waals surface area contributed by atoms with Gasteiger partial charge in [0.2, 0.25) is 20.8 Å². The number of fused-ring (bicyclic) bond motifs is 7. The molecule has 9 nitrogen and oxygen atoms in total. The number of hydrogen-bond acceptors (Lipinski definition) is 9. The fraction of sp³-hybridized carbons (Fsp3) is 0.900. The summed E-state index contributed by atoms with van der Waals surface area (Å²) < 4.78 is 81.3. The molecule has 5 rings (SSSR count). The maximum atomic E-state index is 12.0. The van der Waals surface area contributed by atoms with E-state index in [9.17, 15) is 30.7 Å².